The molecule has 1 saturated heterocycles. The highest BCUT2D eigenvalue weighted by Gasteiger charge is 2.32. The molecule has 1 aliphatic heterocycles. The van der Waals surface area contributed by atoms with Crippen LogP contribution in [0.4, 0.5) is 11.5 Å². The summed E-state index contributed by atoms with van der Waals surface area (Å²) in [6.45, 7) is 3.36. The van der Waals surface area contributed by atoms with Crippen LogP contribution in [0.3, 0.4) is 0 Å². The number of hydrogen-bond donors (Lipinski definition) is 3. The second kappa shape index (κ2) is 9.17. The highest BCUT2D eigenvalue weighted by molar-refractivity contribution is 6.11. The Morgan fingerprint density at radius 2 is 2.10 bits per heavy atom. The maximum Gasteiger partial charge on any atom is 0.232 e. The van der Waals surface area contributed by atoms with Gasteiger partial charge in [-0.15, -0.1) is 0 Å². The molecule has 0 bridgehead atoms. The van der Waals surface area contributed by atoms with E-state index in [2.05, 4.69) is 9.97 Å². The van der Waals surface area contributed by atoms with Gasteiger partial charge in [0.25, 0.3) is 0 Å². The fourth-order valence-electron chi connectivity index (χ4n) is 3.32. The van der Waals surface area contributed by atoms with Crippen molar-refractivity contribution in [2.75, 3.05) is 44.5 Å². The fraction of sp³-hybridized carbons (Fsp3) is 0.450. The topological polar surface area (TPSA) is 129 Å². The van der Waals surface area contributed by atoms with Crippen molar-refractivity contribution in [1.29, 1.82) is 0 Å². The highest BCUT2D eigenvalue weighted by atomic mass is 16.5. The maximum absolute atomic E-state index is 10.1. The number of nitrogens with two attached hydrogens (primary N) is 2. The van der Waals surface area contributed by atoms with Crippen LogP contribution in [0.5, 0.6) is 5.75 Å². The Morgan fingerprint density at radius 1 is 1.31 bits per heavy atom. The Labute approximate surface area is 169 Å². The van der Waals surface area contributed by atoms with E-state index in [1.807, 2.05) is 11.8 Å². The first-order chi connectivity index (χ1) is 13.9. The second-order valence-electron chi connectivity index (χ2n) is 7.05. The Morgan fingerprint density at radius 3 is 2.79 bits per heavy atom. The van der Waals surface area contributed by atoms with E-state index in [0.29, 0.717) is 53.9 Å². The SMILES string of the molecule is COC[C@H](C)Oc1ccc(N)c(C(=[NH2+])c2cc(N3C[C@H](OC)[C@@H](O)C3)ncn2)c1. The van der Waals surface area contributed by atoms with Crippen LogP contribution in [0.25, 0.3) is 0 Å². The number of hydrogen-bond acceptors (Lipinski definition) is 8. The van der Waals surface area contributed by atoms with Gasteiger partial charge in [0, 0.05) is 39.1 Å². The number of aliphatic hydroxyl groups excluding tert-OH is 1. The number of nitrogens with zero attached hydrogens (tertiary/aromatic N) is 3. The quantitative estimate of drug-likeness (QED) is 0.389. The van der Waals surface area contributed by atoms with Crippen molar-refractivity contribution in [3.8, 4) is 5.75 Å². The molecule has 156 valence electrons. The van der Waals surface area contributed by atoms with E-state index in [4.69, 9.17) is 25.4 Å². The molecule has 0 amide bonds. The van der Waals surface area contributed by atoms with E-state index >= 15 is 0 Å². The Bertz CT molecular complexity index is 863. The van der Waals surface area contributed by atoms with Gasteiger partial charge in [-0.3, -0.25) is 5.41 Å². The number of aromatic nitrogens is 2. The summed E-state index contributed by atoms with van der Waals surface area (Å²) >= 11 is 0. The van der Waals surface area contributed by atoms with Gasteiger partial charge in [0.15, 0.2) is 0 Å². The number of benzene rings is 1. The van der Waals surface area contributed by atoms with Gasteiger partial charge >= 0.3 is 0 Å². The van der Waals surface area contributed by atoms with Crippen molar-refractivity contribution in [3.05, 3.63) is 41.9 Å². The molecule has 3 atom stereocenters. The number of aliphatic hydroxyl groups is 1. The molecule has 1 aliphatic rings. The third kappa shape index (κ3) is 4.81. The van der Waals surface area contributed by atoms with E-state index in [9.17, 15) is 5.11 Å². The normalized spacial score (nSPS) is 19.9. The van der Waals surface area contributed by atoms with Crippen LogP contribution >= 0.6 is 0 Å². The molecule has 1 aromatic carbocycles. The summed E-state index contributed by atoms with van der Waals surface area (Å²) in [6, 6.07) is 7.11. The predicted octanol–water partition coefficient (Wildman–Crippen LogP) is -0.735. The molecule has 3 rings (SSSR count). The Balaban J connectivity index is 1.82. The van der Waals surface area contributed by atoms with E-state index in [0.717, 1.165) is 0 Å². The molecule has 5 N–H and O–H groups in total. The molecule has 1 fully saturated rings. The number of nitrogen functional groups attached to an aromatic ring is 1. The zero-order valence-corrected chi connectivity index (χ0v) is 16.9. The van der Waals surface area contributed by atoms with Gasteiger partial charge in [-0.2, -0.15) is 0 Å². The van der Waals surface area contributed by atoms with Crippen molar-refractivity contribution < 1.29 is 24.7 Å². The molecule has 0 spiro atoms. The van der Waals surface area contributed by atoms with Crippen LogP contribution in [0.15, 0.2) is 30.6 Å². The van der Waals surface area contributed by atoms with Crippen molar-refractivity contribution in [2.24, 2.45) is 0 Å². The maximum atomic E-state index is 10.1. The summed E-state index contributed by atoms with van der Waals surface area (Å²) in [5.74, 6) is 1.30. The molecule has 1 aromatic heterocycles. The second-order valence-corrected chi connectivity index (χ2v) is 7.05. The van der Waals surface area contributed by atoms with Crippen molar-refractivity contribution >= 4 is 17.2 Å². The molecule has 0 aliphatic carbocycles. The molecule has 0 saturated carbocycles. The molecule has 0 radical (unpaired) electrons. The van der Waals surface area contributed by atoms with Crippen LogP contribution < -0.4 is 20.8 Å². The molecule has 29 heavy (non-hydrogen) atoms. The molecular weight excluding hydrogens is 374 g/mol. The third-order valence-electron chi connectivity index (χ3n) is 4.85. The summed E-state index contributed by atoms with van der Waals surface area (Å²) < 4.78 is 16.2. The molecule has 0 unspecified atom stereocenters. The summed E-state index contributed by atoms with van der Waals surface area (Å²) in [5, 5.41) is 16.5. The van der Waals surface area contributed by atoms with Gasteiger partial charge in [0.1, 0.15) is 35.8 Å². The Kier molecular flexibility index (Phi) is 6.63. The van der Waals surface area contributed by atoms with Crippen molar-refractivity contribution in [2.45, 2.75) is 25.2 Å². The molecule has 9 heteroatoms. The first-order valence-corrected chi connectivity index (χ1v) is 9.39. The van der Waals surface area contributed by atoms with E-state index in [-0.39, 0.29) is 12.2 Å². The molecular formula is C20H28N5O4+. The highest BCUT2D eigenvalue weighted by Crippen LogP contribution is 2.24. The van der Waals surface area contributed by atoms with Gasteiger partial charge in [-0.25, -0.2) is 9.97 Å². The minimum absolute atomic E-state index is 0.112. The van der Waals surface area contributed by atoms with Gasteiger partial charge in [-0.1, -0.05) is 0 Å². The summed E-state index contributed by atoms with van der Waals surface area (Å²) in [7, 11) is 3.21. The van der Waals surface area contributed by atoms with Gasteiger partial charge in [-0.05, 0) is 25.1 Å². The van der Waals surface area contributed by atoms with Crippen LogP contribution in [-0.2, 0) is 9.47 Å². The minimum Gasteiger partial charge on any atom is -0.488 e. The van der Waals surface area contributed by atoms with E-state index in [1.54, 1.807) is 38.5 Å². The summed E-state index contributed by atoms with van der Waals surface area (Å²) in [4.78, 5) is 10.5. The van der Waals surface area contributed by atoms with Crippen molar-refractivity contribution in [3.63, 3.8) is 0 Å². The lowest BCUT2D eigenvalue weighted by molar-refractivity contribution is -0.111. The van der Waals surface area contributed by atoms with Crippen LogP contribution in [-0.4, -0.2) is 73.0 Å². The van der Waals surface area contributed by atoms with Crippen molar-refractivity contribution in [1.82, 2.24) is 9.97 Å². The zero-order chi connectivity index (χ0) is 21.0. The monoisotopic (exact) mass is 402 g/mol. The lowest BCUT2D eigenvalue weighted by Gasteiger charge is -2.17. The lowest BCUT2D eigenvalue weighted by atomic mass is 10.0. The average molecular weight is 402 g/mol. The number of rotatable bonds is 8. The predicted molar refractivity (Wildman–Crippen MR) is 109 cm³/mol. The minimum atomic E-state index is -0.571. The van der Waals surface area contributed by atoms with Crippen LogP contribution in [0.1, 0.15) is 18.2 Å². The van der Waals surface area contributed by atoms with E-state index < -0.39 is 6.10 Å². The van der Waals surface area contributed by atoms with Crippen LogP contribution in [0.2, 0.25) is 0 Å². The number of ether oxygens (including phenoxy) is 3. The lowest BCUT2D eigenvalue weighted by Crippen LogP contribution is -2.42. The average Bonchev–Trinajstić information content (AvgIpc) is 3.10. The summed E-state index contributed by atoms with van der Waals surface area (Å²) in [6.07, 6.45) is 0.506. The summed E-state index contributed by atoms with van der Waals surface area (Å²) in [5.41, 5.74) is 8.26. The Hall–Kier alpha value is -2.75. The first kappa shape index (κ1) is 21.0. The van der Waals surface area contributed by atoms with E-state index in [1.165, 1.54) is 6.33 Å². The smallest absolute Gasteiger partial charge is 0.232 e. The first-order valence-electron chi connectivity index (χ1n) is 9.39. The number of anilines is 2. The zero-order valence-electron chi connectivity index (χ0n) is 16.9. The van der Waals surface area contributed by atoms with Gasteiger partial charge < -0.3 is 30.0 Å². The van der Waals surface area contributed by atoms with Crippen LogP contribution in [0, 0.1) is 0 Å². The largest absolute Gasteiger partial charge is 0.488 e. The fourth-order valence-corrected chi connectivity index (χ4v) is 3.32. The number of methoxy groups -OCH3 is 2. The third-order valence-corrected chi connectivity index (χ3v) is 4.85. The standard InChI is InChI=1S/C20H27N5O4/c1-12(10-27-2)29-13-4-5-15(21)14(6-13)20(22)16-7-19(24-11-23-16)25-8-17(26)18(9-25)28-3/h4-7,11-12,17-18,22,26H,8-10,21H2,1-3H3/p+1/t12-,17-,18-/m0/s1. The number of β-amino-alcohol motifs (C(OH)–C–C–N with tert-alkyl or cyclic N) is 1. The molecule has 9 nitrogen and oxygen atoms in total. The van der Waals surface area contributed by atoms with Gasteiger partial charge in [0.05, 0.1) is 18.3 Å². The molecule has 2 heterocycles. The van der Waals surface area contributed by atoms with Gasteiger partial charge in [0.2, 0.25) is 5.71 Å². The molecule has 2 aromatic rings.